The van der Waals surface area contributed by atoms with Crippen molar-refractivity contribution >= 4 is 39.9 Å². The van der Waals surface area contributed by atoms with Gasteiger partial charge in [-0.25, -0.2) is 4.98 Å². The molecule has 0 saturated heterocycles. The summed E-state index contributed by atoms with van der Waals surface area (Å²) in [5.41, 5.74) is 2.21. The molecule has 0 fully saturated rings. The summed E-state index contributed by atoms with van der Waals surface area (Å²) in [6.45, 7) is 0. The zero-order chi connectivity index (χ0) is 15.3. The van der Waals surface area contributed by atoms with E-state index in [4.69, 9.17) is 23.2 Å². The fraction of sp³-hybridized carbons (Fsp3) is 0. The number of para-hydroxylation sites is 1. The van der Waals surface area contributed by atoms with Crippen LogP contribution in [0, 0.1) is 0 Å². The highest BCUT2D eigenvalue weighted by atomic mass is 35.5. The summed E-state index contributed by atoms with van der Waals surface area (Å²) < 4.78 is 3.30. The van der Waals surface area contributed by atoms with Crippen molar-refractivity contribution in [2.45, 2.75) is 0 Å². The van der Waals surface area contributed by atoms with Gasteiger partial charge in [0.25, 0.3) is 5.56 Å². The maximum absolute atomic E-state index is 12.8. The first-order chi connectivity index (χ1) is 10.7. The van der Waals surface area contributed by atoms with E-state index in [1.165, 1.54) is 0 Å². The van der Waals surface area contributed by atoms with Gasteiger partial charge in [-0.3, -0.25) is 13.8 Å². The Morgan fingerprint density at radius 2 is 1.82 bits per heavy atom. The van der Waals surface area contributed by atoms with Crippen LogP contribution in [0.25, 0.3) is 22.4 Å². The van der Waals surface area contributed by atoms with E-state index in [0.717, 1.165) is 5.52 Å². The van der Waals surface area contributed by atoms with E-state index >= 15 is 0 Å². The molecule has 2 aromatic carbocycles. The second kappa shape index (κ2) is 4.87. The van der Waals surface area contributed by atoms with Crippen LogP contribution >= 0.6 is 23.2 Å². The van der Waals surface area contributed by atoms with Crippen molar-refractivity contribution in [3.63, 3.8) is 0 Å². The number of imidazole rings is 1. The van der Waals surface area contributed by atoms with E-state index in [2.05, 4.69) is 4.98 Å². The third-order valence-corrected chi connectivity index (χ3v) is 4.12. The van der Waals surface area contributed by atoms with Crippen LogP contribution in [0.4, 0.5) is 0 Å². The van der Waals surface area contributed by atoms with Gasteiger partial charge in [0, 0.05) is 17.4 Å². The fourth-order valence-electron chi connectivity index (χ4n) is 2.62. The molecule has 4 rings (SSSR count). The molecule has 0 aliphatic heterocycles. The van der Waals surface area contributed by atoms with Crippen LogP contribution in [0.3, 0.4) is 0 Å². The van der Waals surface area contributed by atoms with Gasteiger partial charge in [0.15, 0.2) is 0 Å². The number of aromatic nitrogens is 3. The standard InChI is InChI=1S/C16H9Cl2N3O/c17-10-5-6-13-14(9-10)21(12-4-2-1-3-11(12)18)16(22)15-19-7-8-20(13)15/h1-9H. The number of halogens is 2. The number of hydrogen-bond acceptors (Lipinski definition) is 2. The van der Waals surface area contributed by atoms with Gasteiger partial charge in [-0.1, -0.05) is 35.3 Å². The number of benzene rings is 2. The van der Waals surface area contributed by atoms with Crippen LogP contribution in [0.15, 0.2) is 59.7 Å². The molecule has 4 nitrogen and oxygen atoms in total. The lowest BCUT2D eigenvalue weighted by Crippen LogP contribution is -2.22. The van der Waals surface area contributed by atoms with Gasteiger partial charge in [0.1, 0.15) is 0 Å². The molecule has 0 aliphatic rings. The minimum atomic E-state index is -0.243. The zero-order valence-corrected chi connectivity index (χ0v) is 12.7. The first-order valence-corrected chi connectivity index (χ1v) is 7.34. The van der Waals surface area contributed by atoms with Crippen LogP contribution in [0.2, 0.25) is 10.0 Å². The van der Waals surface area contributed by atoms with Crippen molar-refractivity contribution in [3.8, 4) is 5.69 Å². The van der Waals surface area contributed by atoms with E-state index in [1.807, 2.05) is 18.2 Å². The van der Waals surface area contributed by atoms with Crippen LogP contribution < -0.4 is 5.56 Å². The maximum atomic E-state index is 12.8. The highest BCUT2D eigenvalue weighted by Gasteiger charge is 2.15. The molecule has 0 aliphatic carbocycles. The third kappa shape index (κ3) is 1.85. The Balaban J connectivity index is 2.29. The topological polar surface area (TPSA) is 39.3 Å². The minimum Gasteiger partial charge on any atom is -0.294 e. The van der Waals surface area contributed by atoms with Crippen LogP contribution in [-0.2, 0) is 0 Å². The zero-order valence-electron chi connectivity index (χ0n) is 11.2. The first-order valence-electron chi connectivity index (χ1n) is 6.59. The average molecular weight is 330 g/mol. The summed E-state index contributed by atoms with van der Waals surface area (Å²) in [6, 6.07) is 12.6. The molecule has 6 heteroatoms. The monoisotopic (exact) mass is 329 g/mol. The van der Waals surface area contributed by atoms with Gasteiger partial charge in [-0.2, -0.15) is 0 Å². The average Bonchev–Trinajstić information content (AvgIpc) is 2.99. The van der Waals surface area contributed by atoms with E-state index in [0.29, 0.717) is 26.9 Å². The Kier molecular flexibility index (Phi) is 2.96. The van der Waals surface area contributed by atoms with Crippen LogP contribution in [0.1, 0.15) is 0 Å². The molecule has 0 unspecified atom stereocenters. The van der Waals surface area contributed by atoms with Crippen molar-refractivity contribution in [3.05, 3.63) is 75.3 Å². The van der Waals surface area contributed by atoms with Crippen molar-refractivity contribution in [2.24, 2.45) is 0 Å². The smallest absolute Gasteiger partial charge is 0.294 e. The normalized spacial score (nSPS) is 11.4. The number of hydrogen-bond donors (Lipinski definition) is 0. The van der Waals surface area contributed by atoms with Gasteiger partial charge in [0.2, 0.25) is 5.65 Å². The minimum absolute atomic E-state index is 0.243. The molecule has 22 heavy (non-hydrogen) atoms. The molecule has 0 spiro atoms. The van der Waals surface area contributed by atoms with Gasteiger partial charge in [0.05, 0.1) is 21.7 Å². The molecule has 0 radical (unpaired) electrons. The molecule has 0 bridgehead atoms. The Labute approximate surface area is 135 Å². The lowest BCUT2D eigenvalue weighted by molar-refractivity contribution is 1.01. The van der Waals surface area contributed by atoms with E-state index < -0.39 is 0 Å². The Hall–Kier alpha value is -2.30. The molecular weight excluding hydrogens is 321 g/mol. The van der Waals surface area contributed by atoms with E-state index in [9.17, 15) is 4.79 Å². The predicted octanol–water partition coefficient (Wildman–Crippen LogP) is 3.95. The lowest BCUT2D eigenvalue weighted by Gasteiger charge is -2.13. The van der Waals surface area contributed by atoms with E-state index in [-0.39, 0.29) is 5.56 Å². The molecule has 0 amide bonds. The van der Waals surface area contributed by atoms with Crippen molar-refractivity contribution in [1.29, 1.82) is 0 Å². The van der Waals surface area contributed by atoms with Crippen molar-refractivity contribution in [2.75, 3.05) is 0 Å². The summed E-state index contributed by atoms with van der Waals surface area (Å²) in [4.78, 5) is 17.0. The molecule has 2 heterocycles. The summed E-state index contributed by atoms with van der Waals surface area (Å²) in [6.07, 6.45) is 3.35. The van der Waals surface area contributed by atoms with Crippen molar-refractivity contribution < 1.29 is 0 Å². The SMILES string of the molecule is O=c1c2nccn2c2ccc(Cl)cc2n1-c1ccccc1Cl. The highest BCUT2D eigenvalue weighted by Crippen LogP contribution is 2.25. The molecule has 4 aromatic rings. The van der Waals surface area contributed by atoms with Gasteiger partial charge in [-0.05, 0) is 30.3 Å². The first kappa shape index (κ1) is 13.4. The van der Waals surface area contributed by atoms with Gasteiger partial charge < -0.3 is 0 Å². The lowest BCUT2D eigenvalue weighted by atomic mass is 10.2. The summed E-state index contributed by atoms with van der Waals surface area (Å²) in [7, 11) is 0. The number of fused-ring (bicyclic) bond motifs is 3. The second-order valence-corrected chi connectivity index (χ2v) is 5.69. The maximum Gasteiger partial charge on any atom is 0.299 e. The third-order valence-electron chi connectivity index (χ3n) is 3.57. The Morgan fingerprint density at radius 3 is 2.64 bits per heavy atom. The van der Waals surface area contributed by atoms with Gasteiger partial charge >= 0.3 is 0 Å². The number of rotatable bonds is 1. The highest BCUT2D eigenvalue weighted by molar-refractivity contribution is 6.32. The molecular formula is C16H9Cl2N3O. The molecule has 108 valence electrons. The second-order valence-electron chi connectivity index (χ2n) is 4.85. The largest absolute Gasteiger partial charge is 0.299 e. The predicted molar refractivity (Wildman–Crippen MR) is 88.3 cm³/mol. The molecule has 0 atom stereocenters. The van der Waals surface area contributed by atoms with Crippen LogP contribution in [0.5, 0.6) is 0 Å². The summed E-state index contributed by atoms with van der Waals surface area (Å²) in [5, 5.41) is 1.04. The molecule has 0 saturated carbocycles. The van der Waals surface area contributed by atoms with Crippen molar-refractivity contribution in [1.82, 2.24) is 14.0 Å². The summed E-state index contributed by atoms with van der Waals surface area (Å²) >= 11 is 12.4. The van der Waals surface area contributed by atoms with Crippen LogP contribution in [-0.4, -0.2) is 14.0 Å². The number of nitrogens with zero attached hydrogens (tertiary/aromatic N) is 3. The quantitative estimate of drug-likeness (QED) is 0.530. The Morgan fingerprint density at radius 1 is 1.00 bits per heavy atom. The van der Waals surface area contributed by atoms with Gasteiger partial charge in [-0.15, -0.1) is 0 Å². The molecule has 0 N–H and O–H groups in total. The molecule has 2 aromatic heterocycles. The van der Waals surface area contributed by atoms with E-state index in [1.54, 1.807) is 45.6 Å². The summed E-state index contributed by atoms with van der Waals surface area (Å²) in [5.74, 6) is 0. The fourth-order valence-corrected chi connectivity index (χ4v) is 3.00. The Bertz CT molecular complexity index is 1080.